The summed E-state index contributed by atoms with van der Waals surface area (Å²) in [5.74, 6) is 1.46. The Morgan fingerprint density at radius 3 is 2.50 bits per heavy atom. The molecule has 3 nitrogen and oxygen atoms in total. The van der Waals surface area contributed by atoms with Gasteiger partial charge in [-0.1, -0.05) is 44.4 Å². The molecule has 20 heavy (non-hydrogen) atoms. The first-order valence-corrected chi connectivity index (χ1v) is 7.16. The SMILES string of the molecule is CCCCCC(O)c1ccc(Oc2ccccc2)cn1. The molecular weight excluding hydrogens is 250 g/mol. The predicted molar refractivity (Wildman–Crippen MR) is 79.9 cm³/mol. The number of unbranched alkanes of at least 4 members (excludes halogenated alkanes) is 2. The summed E-state index contributed by atoms with van der Waals surface area (Å²) in [6, 6.07) is 13.3. The lowest BCUT2D eigenvalue weighted by molar-refractivity contribution is 0.159. The van der Waals surface area contributed by atoms with Crippen molar-refractivity contribution < 1.29 is 9.84 Å². The van der Waals surface area contributed by atoms with Crippen LogP contribution in [0.1, 0.15) is 44.4 Å². The standard InChI is InChI=1S/C17H21NO2/c1-2-3-5-10-17(19)16-12-11-15(13-18-16)20-14-8-6-4-7-9-14/h4,6-9,11-13,17,19H,2-3,5,10H2,1H3. The van der Waals surface area contributed by atoms with Gasteiger partial charge in [-0.15, -0.1) is 0 Å². The van der Waals surface area contributed by atoms with Crippen LogP contribution in [-0.4, -0.2) is 10.1 Å². The summed E-state index contributed by atoms with van der Waals surface area (Å²) in [7, 11) is 0. The van der Waals surface area contributed by atoms with E-state index in [4.69, 9.17) is 4.74 Å². The van der Waals surface area contributed by atoms with Crippen LogP contribution in [0.25, 0.3) is 0 Å². The molecule has 2 aromatic rings. The van der Waals surface area contributed by atoms with Crippen molar-refractivity contribution in [2.45, 2.75) is 38.7 Å². The van der Waals surface area contributed by atoms with Crippen LogP contribution in [0.15, 0.2) is 48.7 Å². The van der Waals surface area contributed by atoms with Crippen LogP contribution >= 0.6 is 0 Å². The molecule has 0 aliphatic heterocycles. The monoisotopic (exact) mass is 271 g/mol. The number of ether oxygens (including phenoxy) is 1. The Balaban J connectivity index is 1.92. The Labute approximate surface area is 120 Å². The fraction of sp³-hybridized carbons (Fsp3) is 0.353. The number of pyridine rings is 1. The van der Waals surface area contributed by atoms with Crippen LogP contribution in [0.3, 0.4) is 0 Å². The summed E-state index contributed by atoms with van der Waals surface area (Å²) < 4.78 is 5.67. The van der Waals surface area contributed by atoms with Crippen molar-refractivity contribution >= 4 is 0 Å². The average molecular weight is 271 g/mol. The number of nitrogens with zero attached hydrogens (tertiary/aromatic N) is 1. The Hall–Kier alpha value is -1.87. The molecule has 0 spiro atoms. The van der Waals surface area contributed by atoms with Crippen molar-refractivity contribution in [3.63, 3.8) is 0 Å². The molecule has 0 saturated heterocycles. The number of hydrogen-bond donors (Lipinski definition) is 1. The van der Waals surface area contributed by atoms with Gasteiger partial charge >= 0.3 is 0 Å². The zero-order valence-electron chi connectivity index (χ0n) is 11.8. The van der Waals surface area contributed by atoms with Crippen molar-refractivity contribution in [3.05, 3.63) is 54.4 Å². The van der Waals surface area contributed by atoms with E-state index in [1.54, 1.807) is 6.20 Å². The molecular formula is C17H21NO2. The molecule has 2 rings (SSSR count). The van der Waals surface area contributed by atoms with Crippen molar-refractivity contribution in [2.75, 3.05) is 0 Å². The Morgan fingerprint density at radius 2 is 1.85 bits per heavy atom. The molecule has 0 bridgehead atoms. The molecule has 1 aromatic carbocycles. The number of para-hydroxylation sites is 1. The van der Waals surface area contributed by atoms with Crippen molar-refractivity contribution in [2.24, 2.45) is 0 Å². The van der Waals surface area contributed by atoms with Crippen molar-refractivity contribution in [1.82, 2.24) is 4.98 Å². The van der Waals surface area contributed by atoms with Gasteiger partial charge in [-0.3, -0.25) is 4.98 Å². The van der Waals surface area contributed by atoms with E-state index in [0.29, 0.717) is 11.4 Å². The van der Waals surface area contributed by atoms with Crippen LogP contribution in [0.2, 0.25) is 0 Å². The third-order valence-corrected chi connectivity index (χ3v) is 3.16. The Morgan fingerprint density at radius 1 is 1.05 bits per heavy atom. The topological polar surface area (TPSA) is 42.4 Å². The zero-order chi connectivity index (χ0) is 14.2. The van der Waals surface area contributed by atoms with E-state index < -0.39 is 6.10 Å². The normalized spacial score (nSPS) is 12.1. The highest BCUT2D eigenvalue weighted by molar-refractivity contribution is 5.29. The largest absolute Gasteiger partial charge is 0.456 e. The first-order valence-electron chi connectivity index (χ1n) is 7.16. The Bertz CT molecular complexity index is 496. The second-order valence-electron chi connectivity index (χ2n) is 4.85. The number of aromatic nitrogens is 1. The fourth-order valence-electron chi connectivity index (χ4n) is 2.01. The zero-order valence-corrected chi connectivity index (χ0v) is 11.8. The van der Waals surface area contributed by atoms with Crippen LogP contribution in [0, 0.1) is 0 Å². The first-order chi connectivity index (χ1) is 9.79. The minimum Gasteiger partial charge on any atom is -0.456 e. The van der Waals surface area contributed by atoms with E-state index in [-0.39, 0.29) is 0 Å². The second kappa shape index (κ2) is 7.65. The minimum atomic E-state index is -0.479. The molecule has 1 unspecified atom stereocenters. The van der Waals surface area contributed by atoms with Gasteiger partial charge in [-0.25, -0.2) is 0 Å². The molecule has 1 heterocycles. The lowest BCUT2D eigenvalue weighted by Crippen LogP contribution is -2.00. The van der Waals surface area contributed by atoms with Crippen LogP contribution in [-0.2, 0) is 0 Å². The van der Waals surface area contributed by atoms with Gasteiger partial charge in [0.05, 0.1) is 18.0 Å². The van der Waals surface area contributed by atoms with Gasteiger partial charge in [0, 0.05) is 0 Å². The maximum Gasteiger partial charge on any atom is 0.145 e. The third-order valence-electron chi connectivity index (χ3n) is 3.16. The fourth-order valence-corrected chi connectivity index (χ4v) is 2.01. The highest BCUT2D eigenvalue weighted by atomic mass is 16.5. The smallest absolute Gasteiger partial charge is 0.145 e. The van der Waals surface area contributed by atoms with Gasteiger partial charge in [0.15, 0.2) is 0 Å². The summed E-state index contributed by atoms with van der Waals surface area (Å²) in [6.45, 7) is 2.15. The number of aliphatic hydroxyl groups is 1. The summed E-state index contributed by atoms with van der Waals surface area (Å²) in [4.78, 5) is 4.28. The first kappa shape index (κ1) is 14.5. The number of hydrogen-bond acceptors (Lipinski definition) is 3. The molecule has 106 valence electrons. The maximum absolute atomic E-state index is 10.0. The highest BCUT2D eigenvalue weighted by Gasteiger charge is 2.08. The third kappa shape index (κ3) is 4.35. The minimum absolute atomic E-state index is 0.479. The van der Waals surface area contributed by atoms with Crippen LogP contribution in [0.5, 0.6) is 11.5 Å². The van der Waals surface area contributed by atoms with E-state index in [9.17, 15) is 5.11 Å². The van der Waals surface area contributed by atoms with E-state index in [1.807, 2.05) is 42.5 Å². The van der Waals surface area contributed by atoms with Gasteiger partial charge in [-0.05, 0) is 30.7 Å². The number of aliphatic hydroxyl groups excluding tert-OH is 1. The molecule has 0 aliphatic rings. The Kier molecular flexibility index (Phi) is 5.56. The van der Waals surface area contributed by atoms with Gasteiger partial charge in [-0.2, -0.15) is 0 Å². The van der Waals surface area contributed by atoms with E-state index >= 15 is 0 Å². The van der Waals surface area contributed by atoms with Gasteiger partial charge in [0.2, 0.25) is 0 Å². The summed E-state index contributed by atoms with van der Waals surface area (Å²) >= 11 is 0. The molecule has 0 fully saturated rings. The van der Waals surface area contributed by atoms with Gasteiger partial charge in [0.25, 0.3) is 0 Å². The van der Waals surface area contributed by atoms with Crippen molar-refractivity contribution in [1.29, 1.82) is 0 Å². The lowest BCUT2D eigenvalue weighted by Gasteiger charge is -2.10. The molecule has 0 radical (unpaired) electrons. The highest BCUT2D eigenvalue weighted by Crippen LogP contribution is 2.23. The maximum atomic E-state index is 10.0. The van der Waals surface area contributed by atoms with Gasteiger partial charge in [0.1, 0.15) is 11.5 Å². The molecule has 0 amide bonds. The van der Waals surface area contributed by atoms with Gasteiger partial charge < -0.3 is 9.84 Å². The van der Waals surface area contributed by atoms with Crippen molar-refractivity contribution in [3.8, 4) is 11.5 Å². The summed E-state index contributed by atoms with van der Waals surface area (Å²) in [6.07, 6.45) is 5.27. The summed E-state index contributed by atoms with van der Waals surface area (Å²) in [5.41, 5.74) is 0.710. The molecule has 1 aromatic heterocycles. The van der Waals surface area contributed by atoms with Crippen LogP contribution in [0.4, 0.5) is 0 Å². The molecule has 0 aliphatic carbocycles. The molecule has 1 atom stereocenters. The molecule has 1 N–H and O–H groups in total. The molecule has 0 saturated carbocycles. The quantitative estimate of drug-likeness (QED) is 0.754. The van der Waals surface area contributed by atoms with E-state index in [1.165, 1.54) is 0 Å². The van der Waals surface area contributed by atoms with E-state index in [2.05, 4.69) is 11.9 Å². The molecule has 3 heteroatoms. The number of benzene rings is 1. The second-order valence-corrected chi connectivity index (χ2v) is 4.85. The lowest BCUT2D eigenvalue weighted by atomic mass is 10.1. The average Bonchev–Trinajstić information content (AvgIpc) is 2.49. The van der Waals surface area contributed by atoms with Crippen LogP contribution < -0.4 is 4.74 Å². The predicted octanol–water partition coefficient (Wildman–Crippen LogP) is 4.49. The summed E-state index contributed by atoms with van der Waals surface area (Å²) in [5, 5.41) is 10.0. The van der Waals surface area contributed by atoms with E-state index in [0.717, 1.165) is 31.4 Å². The number of rotatable bonds is 7.